The van der Waals surface area contributed by atoms with Crippen molar-refractivity contribution in [2.75, 3.05) is 0 Å². The molecule has 0 saturated carbocycles. The third-order valence-electron chi connectivity index (χ3n) is 1.95. The number of carbonyl (C=O) groups is 1. The first-order chi connectivity index (χ1) is 8.06. The lowest BCUT2D eigenvalue weighted by Crippen LogP contribution is -2.44. The third-order valence-corrected chi connectivity index (χ3v) is 2.52. The summed E-state index contributed by atoms with van der Waals surface area (Å²) >= 11 is 7.90. The molecule has 0 aliphatic carbocycles. The summed E-state index contributed by atoms with van der Waals surface area (Å²) in [6, 6.07) is 3.64. The van der Waals surface area contributed by atoms with Gasteiger partial charge >= 0.3 is 0 Å². The zero-order valence-electron chi connectivity index (χ0n) is 8.48. The number of amides is 1. The molecule has 4 N–H and O–H groups in total. The highest BCUT2D eigenvalue weighted by molar-refractivity contribution is 9.10. The third kappa shape index (κ3) is 2.71. The molecule has 0 atom stereocenters. The Balaban J connectivity index is 2.24. The Morgan fingerprint density at radius 3 is 2.88 bits per heavy atom. The van der Waals surface area contributed by atoms with Crippen LogP contribution < -0.4 is 16.6 Å². The number of fused-ring (bicyclic) bond motifs is 1. The summed E-state index contributed by atoms with van der Waals surface area (Å²) in [5, 5.41) is -0.00939. The van der Waals surface area contributed by atoms with Crippen molar-refractivity contribution in [1.82, 2.24) is 20.2 Å². The van der Waals surface area contributed by atoms with E-state index in [2.05, 4.69) is 44.0 Å². The first kappa shape index (κ1) is 11.8. The van der Waals surface area contributed by atoms with Gasteiger partial charge in [-0.05, 0) is 40.3 Å². The number of nitrogens with zero attached hydrogens (tertiary/aromatic N) is 2. The highest BCUT2D eigenvalue weighted by atomic mass is 79.9. The maximum Gasteiger partial charge on any atom is 0.289 e. The zero-order chi connectivity index (χ0) is 12.4. The second-order valence-electron chi connectivity index (χ2n) is 3.18. The fourth-order valence-electron chi connectivity index (χ4n) is 1.26. The van der Waals surface area contributed by atoms with Gasteiger partial charge in [0.1, 0.15) is 11.3 Å². The molecule has 0 fully saturated rings. The highest BCUT2D eigenvalue weighted by Gasteiger charge is 2.10. The van der Waals surface area contributed by atoms with Crippen molar-refractivity contribution in [3.8, 4) is 0 Å². The van der Waals surface area contributed by atoms with Crippen LogP contribution in [0, 0.1) is 0 Å². The molecule has 0 bridgehead atoms. The monoisotopic (exact) mass is 313 g/mol. The van der Waals surface area contributed by atoms with Crippen LogP contribution in [0.3, 0.4) is 0 Å². The Hall–Kier alpha value is -1.67. The Morgan fingerprint density at radius 2 is 2.18 bits per heavy atom. The second kappa shape index (κ2) is 4.68. The van der Waals surface area contributed by atoms with E-state index in [1.165, 1.54) is 0 Å². The van der Waals surface area contributed by atoms with E-state index in [9.17, 15) is 4.79 Å². The maximum atomic E-state index is 11.6. The van der Waals surface area contributed by atoms with Gasteiger partial charge in [-0.1, -0.05) is 0 Å². The van der Waals surface area contributed by atoms with Crippen LogP contribution in [0.25, 0.3) is 5.65 Å². The average Bonchev–Trinajstić information content (AvgIpc) is 2.68. The molecule has 88 valence electrons. The van der Waals surface area contributed by atoms with E-state index in [-0.39, 0.29) is 10.8 Å². The normalized spacial score (nSPS) is 10.2. The van der Waals surface area contributed by atoms with Crippen molar-refractivity contribution in [3.05, 3.63) is 34.7 Å². The van der Waals surface area contributed by atoms with Crippen LogP contribution in [0.4, 0.5) is 0 Å². The van der Waals surface area contributed by atoms with E-state index >= 15 is 0 Å². The summed E-state index contributed by atoms with van der Waals surface area (Å²) < 4.78 is 2.63. The number of rotatable bonds is 1. The molecule has 0 aliphatic rings. The quantitative estimate of drug-likeness (QED) is 0.529. The van der Waals surface area contributed by atoms with E-state index in [0.717, 1.165) is 4.47 Å². The SMILES string of the molecule is NC(=S)NNC(=O)c1cn2cc(Br)ccc2n1. The average molecular weight is 314 g/mol. The van der Waals surface area contributed by atoms with Crippen LogP contribution in [0.5, 0.6) is 0 Å². The van der Waals surface area contributed by atoms with Crippen molar-refractivity contribution in [2.45, 2.75) is 0 Å². The molecule has 0 radical (unpaired) electrons. The number of pyridine rings is 1. The van der Waals surface area contributed by atoms with Gasteiger partial charge < -0.3 is 10.1 Å². The van der Waals surface area contributed by atoms with Crippen LogP contribution in [0.2, 0.25) is 0 Å². The first-order valence-corrected chi connectivity index (χ1v) is 5.76. The van der Waals surface area contributed by atoms with Crippen molar-refractivity contribution in [2.24, 2.45) is 5.73 Å². The van der Waals surface area contributed by atoms with Gasteiger partial charge in [-0.3, -0.25) is 15.6 Å². The molecule has 0 aliphatic heterocycles. The van der Waals surface area contributed by atoms with E-state index in [1.807, 2.05) is 6.07 Å². The fourth-order valence-corrected chi connectivity index (χ4v) is 1.66. The smallest absolute Gasteiger partial charge is 0.289 e. The number of hydrogen-bond acceptors (Lipinski definition) is 3. The summed E-state index contributed by atoms with van der Waals surface area (Å²) in [5.74, 6) is -0.405. The molecule has 6 nitrogen and oxygen atoms in total. The van der Waals surface area contributed by atoms with E-state index in [1.54, 1.807) is 22.9 Å². The number of hydrazine groups is 1. The lowest BCUT2D eigenvalue weighted by Gasteiger charge is -2.02. The molecule has 0 saturated heterocycles. The van der Waals surface area contributed by atoms with Gasteiger partial charge in [-0.15, -0.1) is 0 Å². The molecule has 0 spiro atoms. The van der Waals surface area contributed by atoms with Gasteiger partial charge in [0.2, 0.25) is 0 Å². The van der Waals surface area contributed by atoms with E-state index in [4.69, 9.17) is 5.73 Å². The summed E-state index contributed by atoms with van der Waals surface area (Å²) in [7, 11) is 0. The summed E-state index contributed by atoms with van der Waals surface area (Å²) in [5.41, 5.74) is 10.8. The van der Waals surface area contributed by atoms with E-state index < -0.39 is 5.91 Å². The van der Waals surface area contributed by atoms with Crippen LogP contribution in [0.15, 0.2) is 29.0 Å². The number of nitrogens with two attached hydrogens (primary N) is 1. The zero-order valence-corrected chi connectivity index (χ0v) is 10.9. The van der Waals surface area contributed by atoms with Crippen LogP contribution >= 0.6 is 28.1 Å². The van der Waals surface area contributed by atoms with Crippen LogP contribution in [0.1, 0.15) is 10.5 Å². The summed E-state index contributed by atoms with van der Waals surface area (Å²) in [6.07, 6.45) is 3.41. The topological polar surface area (TPSA) is 84.5 Å². The second-order valence-corrected chi connectivity index (χ2v) is 4.54. The molecule has 0 unspecified atom stereocenters. The molecule has 2 aromatic heterocycles. The summed E-state index contributed by atoms with van der Waals surface area (Å²) in [6.45, 7) is 0. The Morgan fingerprint density at radius 1 is 1.41 bits per heavy atom. The lowest BCUT2D eigenvalue weighted by atomic mass is 10.5. The fraction of sp³-hybridized carbons (Fsp3) is 0. The molecule has 17 heavy (non-hydrogen) atoms. The minimum atomic E-state index is -0.405. The minimum Gasteiger partial charge on any atom is -0.375 e. The number of thiocarbonyl (C=S) groups is 1. The molecule has 8 heteroatoms. The van der Waals surface area contributed by atoms with Crippen LogP contribution in [-0.4, -0.2) is 20.4 Å². The molecule has 2 rings (SSSR count). The Kier molecular flexibility index (Phi) is 3.25. The molecule has 1 amide bonds. The number of aromatic nitrogens is 2. The molecule has 2 heterocycles. The first-order valence-electron chi connectivity index (χ1n) is 4.56. The lowest BCUT2D eigenvalue weighted by molar-refractivity contribution is 0.0939. The number of carbonyl (C=O) groups excluding carboxylic acids is 1. The highest BCUT2D eigenvalue weighted by Crippen LogP contribution is 2.12. The van der Waals surface area contributed by atoms with Crippen LogP contribution in [-0.2, 0) is 0 Å². The number of imidazole rings is 1. The van der Waals surface area contributed by atoms with Gasteiger partial charge in [0, 0.05) is 16.9 Å². The molecular formula is C9H8BrN5OS. The van der Waals surface area contributed by atoms with Gasteiger partial charge in [0.05, 0.1) is 0 Å². The Labute approximate surface area is 110 Å². The number of halogens is 1. The minimum absolute atomic E-state index is 0.00939. The van der Waals surface area contributed by atoms with Gasteiger partial charge in [0.15, 0.2) is 5.11 Å². The summed E-state index contributed by atoms with van der Waals surface area (Å²) in [4.78, 5) is 15.8. The number of nitrogens with one attached hydrogen (secondary N) is 2. The molecular weight excluding hydrogens is 306 g/mol. The largest absolute Gasteiger partial charge is 0.375 e. The van der Waals surface area contributed by atoms with Gasteiger partial charge in [0.25, 0.3) is 5.91 Å². The molecule has 0 aromatic carbocycles. The Bertz CT molecular complexity index is 596. The van der Waals surface area contributed by atoms with Crippen molar-refractivity contribution in [3.63, 3.8) is 0 Å². The van der Waals surface area contributed by atoms with Crippen molar-refractivity contribution < 1.29 is 4.79 Å². The standard InChI is InChI=1S/C9H8BrN5OS/c10-5-1-2-7-12-6(4-15(7)3-5)8(16)13-14-9(11)17/h1-4H,(H,13,16)(H3,11,14,17). The molecule has 2 aromatic rings. The van der Waals surface area contributed by atoms with E-state index in [0.29, 0.717) is 5.65 Å². The maximum absolute atomic E-state index is 11.6. The van der Waals surface area contributed by atoms with Gasteiger partial charge in [-0.2, -0.15) is 0 Å². The predicted octanol–water partition coefficient (Wildman–Crippen LogP) is 0.575. The predicted molar refractivity (Wildman–Crippen MR) is 70.3 cm³/mol. The van der Waals surface area contributed by atoms with Crippen molar-refractivity contribution in [1.29, 1.82) is 0 Å². The van der Waals surface area contributed by atoms with Crippen molar-refractivity contribution >= 4 is 44.8 Å². The number of hydrogen-bond donors (Lipinski definition) is 3. The van der Waals surface area contributed by atoms with Gasteiger partial charge in [-0.25, -0.2) is 4.98 Å².